The molecule has 0 aliphatic rings. The molecule has 2 N–H and O–H groups in total. The number of ether oxygens (including phenoxy) is 2. The minimum Gasteiger partial charge on any atom is -0.507 e. The Hall–Kier alpha value is -0.940. The molecule has 0 atom stereocenters. The molecule has 0 amide bonds. The predicted octanol–water partition coefficient (Wildman–Crippen LogP) is 1.71. The number of hydrogen-bond acceptors (Lipinski definition) is 4. The Labute approximate surface area is 96.6 Å². The summed E-state index contributed by atoms with van der Waals surface area (Å²) in [6.07, 6.45) is 0.354. The van der Waals surface area contributed by atoms with Gasteiger partial charge in [0.1, 0.15) is 5.75 Å². The van der Waals surface area contributed by atoms with Crippen molar-refractivity contribution in [2.45, 2.75) is 6.42 Å². The van der Waals surface area contributed by atoms with Gasteiger partial charge in [-0.1, -0.05) is 0 Å². The number of phenols is 1. The second-order valence-electron chi connectivity index (χ2n) is 2.90. The number of benzene rings is 1. The average molecular weight is 277 g/mol. The fourth-order valence-electron chi connectivity index (χ4n) is 1.33. The van der Waals surface area contributed by atoms with Crippen LogP contribution >= 0.6 is 15.9 Å². The van der Waals surface area contributed by atoms with Crippen LogP contribution in [0.2, 0.25) is 0 Å². The highest BCUT2D eigenvalue weighted by Crippen LogP contribution is 2.42. The topological polar surface area (TPSA) is 58.9 Å². The molecule has 5 heteroatoms. The molecule has 4 nitrogen and oxygen atoms in total. The van der Waals surface area contributed by atoms with Crippen LogP contribution in [0.3, 0.4) is 0 Å². The fourth-order valence-corrected chi connectivity index (χ4v) is 2.08. The third-order valence-electron chi connectivity index (χ3n) is 2.05. The van der Waals surface area contributed by atoms with Crippen LogP contribution in [0.25, 0.3) is 0 Å². The van der Waals surface area contributed by atoms with Crippen molar-refractivity contribution in [2.75, 3.05) is 20.8 Å². The van der Waals surface area contributed by atoms with Gasteiger partial charge in [0.25, 0.3) is 0 Å². The van der Waals surface area contributed by atoms with E-state index in [9.17, 15) is 5.11 Å². The summed E-state index contributed by atoms with van der Waals surface area (Å²) in [5.74, 6) is 1.04. The van der Waals surface area contributed by atoms with Gasteiger partial charge in [-0.2, -0.15) is 0 Å². The number of halogens is 1. The first-order chi connectivity index (χ1) is 7.15. The van der Waals surface area contributed by atoms with Gasteiger partial charge in [-0.15, -0.1) is 0 Å². The lowest BCUT2D eigenvalue weighted by Gasteiger charge is -2.14. The summed E-state index contributed by atoms with van der Waals surface area (Å²) in [7, 11) is 3.01. The maximum atomic E-state index is 9.68. The van der Waals surface area contributed by atoms with E-state index in [2.05, 4.69) is 15.9 Å². The molecule has 0 aliphatic carbocycles. The molecule has 0 aromatic heterocycles. The van der Waals surface area contributed by atoms with Gasteiger partial charge in [0.15, 0.2) is 11.5 Å². The second-order valence-corrected chi connectivity index (χ2v) is 3.69. The molecule has 0 aliphatic heterocycles. The molecule has 84 valence electrons. The SMILES string of the molecule is COc1cc(O)c(CCO)c(Br)c1OC. The van der Waals surface area contributed by atoms with Crippen molar-refractivity contribution in [1.82, 2.24) is 0 Å². The van der Waals surface area contributed by atoms with Crippen LogP contribution in [-0.4, -0.2) is 31.0 Å². The molecule has 0 radical (unpaired) electrons. The molecule has 15 heavy (non-hydrogen) atoms. The van der Waals surface area contributed by atoms with Crippen LogP contribution in [0, 0.1) is 0 Å². The molecular weight excluding hydrogens is 264 g/mol. The van der Waals surface area contributed by atoms with Crippen LogP contribution in [0.4, 0.5) is 0 Å². The van der Waals surface area contributed by atoms with Crippen molar-refractivity contribution < 1.29 is 19.7 Å². The van der Waals surface area contributed by atoms with E-state index in [-0.39, 0.29) is 12.4 Å². The van der Waals surface area contributed by atoms with Gasteiger partial charge in [-0.25, -0.2) is 0 Å². The summed E-state index contributed by atoms with van der Waals surface area (Å²) in [6.45, 7) is -0.0400. The Morgan fingerprint density at radius 3 is 2.47 bits per heavy atom. The lowest BCUT2D eigenvalue weighted by Crippen LogP contribution is -1.98. The molecule has 0 saturated heterocycles. The van der Waals surface area contributed by atoms with Gasteiger partial charge in [0.2, 0.25) is 0 Å². The van der Waals surface area contributed by atoms with E-state index in [0.717, 1.165) is 0 Å². The lowest BCUT2D eigenvalue weighted by molar-refractivity contribution is 0.296. The van der Waals surface area contributed by atoms with E-state index in [4.69, 9.17) is 14.6 Å². The summed E-state index contributed by atoms with van der Waals surface area (Å²) in [4.78, 5) is 0. The normalized spacial score (nSPS) is 10.1. The summed E-state index contributed by atoms with van der Waals surface area (Å²) in [5.41, 5.74) is 0.607. The Balaban J connectivity index is 3.31. The van der Waals surface area contributed by atoms with Gasteiger partial charge < -0.3 is 19.7 Å². The Morgan fingerprint density at radius 1 is 1.33 bits per heavy atom. The first-order valence-electron chi connectivity index (χ1n) is 4.38. The van der Waals surface area contributed by atoms with Crippen LogP contribution in [-0.2, 0) is 6.42 Å². The van der Waals surface area contributed by atoms with E-state index in [1.807, 2.05) is 0 Å². The highest BCUT2D eigenvalue weighted by molar-refractivity contribution is 9.10. The Bertz CT molecular complexity index is 352. The third-order valence-corrected chi connectivity index (χ3v) is 2.89. The van der Waals surface area contributed by atoms with Gasteiger partial charge in [0, 0.05) is 24.7 Å². The smallest absolute Gasteiger partial charge is 0.175 e. The summed E-state index contributed by atoms with van der Waals surface area (Å²) < 4.78 is 10.8. The van der Waals surface area contributed by atoms with Gasteiger partial charge in [0.05, 0.1) is 18.7 Å². The third kappa shape index (κ3) is 2.35. The summed E-state index contributed by atoms with van der Waals surface area (Å²) >= 11 is 3.31. The highest BCUT2D eigenvalue weighted by atomic mass is 79.9. The molecule has 0 saturated carbocycles. The van der Waals surface area contributed by atoms with Crippen molar-refractivity contribution in [3.05, 3.63) is 16.1 Å². The second kappa shape index (κ2) is 5.23. The fraction of sp³-hybridized carbons (Fsp3) is 0.400. The van der Waals surface area contributed by atoms with E-state index in [1.165, 1.54) is 20.3 Å². The first-order valence-corrected chi connectivity index (χ1v) is 5.18. The number of aliphatic hydroxyl groups is 1. The number of aromatic hydroxyl groups is 1. The zero-order chi connectivity index (χ0) is 11.4. The zero-order valence-corrected chi connectivity index (χ0v) is 10.2. The maximum Gasteiger partial charge on any atom is 0.175 e. The van der Waals surface area contributed by atoms with Crippen molar-refractivity contribution in [2.24, 2.45) is 0 Å². The van der Waals surface area contributed by atoms with Crippen molar-refractivity contribution >= 4 is 15.9 Å². The molecule has 0 spiro atoms. The monoisotopic (exact) mass is 276 g/mol. The van der Waals surface area contributed by atoms with Crippen molar-refractivity contribution in [3.63, 3.8) is 0 Å². The molecule has 0 bridgehead atoms. The van der Waals surface area contributed by atoms with Gasteiger partial charge in [-0.3, -0.25) is 0 Å². The molecule has 0 fully saturated rings. The number of hydrogen-bond donors (Lipinski definition) is 2. The minimum atomic E-state index is -0.0400. The Kier molecular flexibility index (Phi) is 4.23. The number of methoxy groups -OCH3 is 2. The standard InChI is InChI=1S/C10H13BrO4/c1-14-8-5-7(13)6(3-4-12)9(11)10(8)15-2/h5,12-13H,3-4H2,1-2H3. The first kappa shape index (κ1) is 12.1. The van der Waals surface area contributed by atoms with Crippen molar-refractivity contribution in [3.8, 4) is 17.2 Å². The molecule has 1 aromatic rings. The Morgan fingerprint density at radius 2 is 2.00 bits per heavy atom. The van der Waals surface area contributed by atoms with Gasteiger partial charge >= 0.3 is 0 Å². The molecule has 1 aromatic carbocycles. The maximum absolute atomic E-state index is 9.68. The summed E-state index contributed by atoms with van der Waals surface area (Å²) in [5, 5.41) is 18.5. The average Bonchev–Trinajstić information content (AvgIpc) is 2.23. The molecule has 0 heterocycles. The van der Waals surface area contributed by atoms with Crippen LogP contribution in [0.5, 0.6) is 17.2 Å². The summed E-state index contributed by atoms with van der Waals surface area (Å²) in [6, 6.07) is 1.47. The predicted molar refractivity (Wildman–Crippen MR) is 59.7 cm³/mol. The zero-order valence-electron chi connectivity index (χ0n) is 8.58. The van der Waals surface area contributed by atoms with E-state index in [1.54, 1.807) is 0 Å². The van der Waals surface area contributed by atoms with Crippen molar-refractivity contribution in [1.29, 1.82) is 0 Å². The largest absolute Gasteiger partial charge is 0.507 e. The highest BCUT2D eigenvalue weighted by Gasteiger charge is 2.16. The quantitative estimate of drug-likeness (QED) is 0.879. The lowest BCUT2D eigenvalue weighted by atomic mass is 10.1. The van der Waals surface area contributed by atoms with E-state index in [0.29, 0.717) is 28.0 Å². The number of phenolic OH excluding ortho intramolecular Hbond substituents is 1. The van der Waals surface area contributed by atoms with E-state index < -0.39 is 0 Å². The molecule has 0 unspecified atom stereocenters. The van der Waals surface area contributed by atoms with Gasteiger partial charge in [-0.05, 0) is 15.9 Å². The number of rotatable bonds is 4. The van der Waals surface area contributed by atoms with E-state index >= 15 is 0 Å². The van der Waals surface area contributed by atoms with Crippen LogP contribution in [0.15, 0.2) is 10.5 Å². The van der Waals surface area contributed by atoms with Crippen LogP contribution in [0.1, 0.15) is 5.56 Å². The molecule has 1 rings (SSSR count). The minimum absolute atomic E-state index is 0.0400. The number of aliphatic hydroxyl groups excluding tert-OH is 1. The van der Waals surface area contributed by atoms with Crippen LogP contribution < -0.4 is 9.47 Å². The molecular formula is C10H13BrO4.